The normalized spacial score (nSPS) is 20.6. The van der Waals surface area contributed by atoms with E-state index in [-0.39, 0.29) is 85.2 Å². The van der Waals surface area contributed by atoms with Crippen LogP contribution >= 0.6 is 0 Å². The number of hydrogen-bond donors (Lipinski definition) is 16. The molecule has 0 aromatic heterocycles. The van der Waals surface area contributed by atoms with Gasteiger partial charge in [-0.2, -0.15) is 0 Å². The number of aromatic hydroxyl groups is 6. The highest BCUT2D eigenvalue weighted by atomic mass is 16.5. The molecular formula is C77H62N8O21. The maximum absolute atomic E-state index is 16.0. The van der Waals surface area contributed by atoms with E-state index in [1.807, 2.05) is 54.6 Å². The number of phenolic OH excluding ortho intramolecular Hbond substituents is 6. The van der Waals surface area contributed by atoms with Crippen molar-refractivity contribution >= 4 is 52.8 Å². The summed E-state index contributed by atoms with van der Waals surface area (Å²) in [5.41, 5.74) is -2.34. The SMILES string of the molecule is COC(=O)[C@H]1NC(=O)[C@H]2NC(=O)[C@H](NC(=O)[C@@H]3NC(=O)[C@H]4NC(=O)[C@H](NC(=O)[C@H](Nc5c(NCc6ccc(-c7ccccc7)cc6)c(=O)c5=O)c5ccc(O)c(c5)Oc5cc4cc(O)c5C)[C@H](O)c4ccc(cc4)Oc4cc3cc(c4O)Oc3ccc(cc3)[C@H]2O)c2ccc(O)c(c2)-c2c(O)cc(O)cc21. The van der Waals surface area contributed by atoms with E-state index in [2.05, 4.69) is 42.5 Å². The van der Waals surface area contributed by atoms with Gasteiger partial charge in [0, 0.05) is 34.9 Å². The second kappa shape index (κ2) is 27.8. The van der Waals surface area contributed by atoms with E-state index >= 15 is 24.0 Å². The molecule has 0 unspecified atom stereocenters. The summed E-state index contributed by atoms with van der Waals surface area (Å²) in [5, 5.41) is 115. The molecule has 17 bridgehead atoms. The molecule has 6 aliphatic heterocycles. The van der Waals surface area contributed by atoms with Crippen molar-refractivity contribution < 1.29 is 93.4 Å². The fourth-order valence-corrected chi connectivity index (χ4v) is 13.0. The van der Waals surface area contributed by atoms with Crippen LogP contribution in [0.15, 0.2) is 186 Å². The number of benzene rings is 9. The van der Waals surface area contributed by atoms with Gasteiger partial charge >= 0.3 is 5.97 Å². The van der Waals surface area contributed by atoms with Gasteiger partial charge in [-0.05, 0) is 136 Å². The Morgan fingerprint density at radius 3 is 1.58 bits per heavy atom. The first-order valence-corrected chi connectivity index (χ1v) is 32.8. The molecule has 6 aliphatic rings. The first-order chi connectivity index (χ1) is 50.9. The third-order valence-corrected chi connectivity index (χ3v) is 18.7. The van der Waals surface area contributed by atoms with Crippen molar-refractivity contribution in [2.45, 2.75) is 68.0 Å². The summed E-state index contributed by atoms with van der Waals surface area (Å²) in [6.45, 7) is 1.41. The molecule has 6 amide bonds. The molecule has 0 radical (unpaired) electrons. The van der Waals surface area contributed by atoms with Gasteiger partial charge in [-0.3, -0.25) is 38.4 Å². The van der Waals surface area contributed by atoms with Crippen molar-refractivity contribution in [3.05, 3.63) is 246 Å². The van der Waals surface area contributed by atoms with Crippen LogP contribution in [0, 0.1) is 6.92 Å². The minimum Gasteiger partial charge on any atom is -0.508 e. The maximum Gasteiger partial charge on any atom is 0.333 e. The van der Waals surface area contributed by atoms with Gasteiger partial charge in [0.1, 0.15) is 100 Å². The van der Waals surface area contributed by atoms with Crippen molar-refractivity contribution in [3.8, 4) is 91.2 Å². The fourth-order valence-electron chi connectivity index (χ4n) is 13.0. The van der Waals surface area contributed by atoms with Crippen molar-refractivity contribution in [2.24, 2.45) is 0 Å². The zero-order valence-corrected chi connectivity index (χ0v) is 55.5. The predicted octanol–water partition coefficient (Wildman–Crippen LogP) is 6.59. The third-order valence-electron chi connectivity index (χ3n) is 18.7. The molecule has 0 saturated heterocycles. The molecule has 6 heterocycles. The minimum atomic E-state index is -2.21. The Morgan fingerprint density at radius 2 is 0.962 bits per heavy atom. The Bertz CT molecular complexity index is 5340. The van der Waals surface area contributed by atoms with E-state index in [4.69, 9.17) is 18.9 Å². The topological polar surface area (TPSA) is 449 Å². The van der Waals surface area contributed by atoms with Crippen molar-refractivity contribution in [1.82, 2.24) is 31.9 Å². The molecule has 106 heavy (non-hydrogen) atoms. The lowest BCUT2D eigenvalue weighted by atomic mass is 9.89. The quantitative estimate of drug-likeness (QED) is 0.0590. The molecule has 536 valence electrons. The average molecular weight is 1440 g/mol. The summed E-state index contributed by atoms with van der Waals surface area (Å²) in [6.07, 6.45) is -4.13. The van der Waals surface area contributed by atoms with E-state index in [1.54, 1.807) is 0 Å². The Balaban J connectivity index is 0.902. The van der Waals surface area contributed by atoms with Crippen molar-refractivity contribution in [3.63, 3.8) is 0 Å². The average Bonchev–Trinajstić information content (AvgIpc) is 0.770. The van der Waals surface area contributed by atoms with Crippen LogP contribution in [-0.4, -0.2) is 101 Å². The number of carbonyl (C=O) groups is 7. The molecule has 16 rings (SSSR count). The number of amides is 6. The number of ether oxygens (including phenoxy) is 4. The minimum absolute atomic E-state index is 0.0218. The number of methoxy groups -OCH3 is 1. The highest BCUT2D eigenvalue weighted by molar-refractivity contribution is 6.00. The molecule has 16 N–H and O–H groups in total. The van der Waals surface area contributed by atoms with Gasteiger partial charge in [-0.25, -0.2) is 4.79 Å². The van der Waals surface area contributed by atoms with Gasteiger partial charge in [0.25, 0.3) is 10.9 Å². The summed E-state index contributed by atoms with van der Waals surface area (Å²) < 4.78 is 23.9. The lowest BCUT2D eigenvalue weighted by Crippen LogP contribution is -2.55. The van der Waals surface area contributed by atoms with Crippen LogP contribution in [0.4, 0.5) is 11.4 Å². The van der Waals surface area contributed by atoms with Crippen LogP contribution in [0.25, 0.3) is 22.3 Å². The standard InChI is InChI=1S/C77H62N8O21/c1-33-50(89)25-41-27-52(33)106-53-26-40(17-23-49(53)88)57(79-63-62(69(94)70(63)95)78-32-34-8-10-36(11-9-34)35-6-4-3-5-7-35)71(96)84-64-66(91)37-12-18-44(19-13-37)104-54-28-42-29-55(68(54)93)105-45-20-14-38(15-21-45)67(92)65-76(101)83-61(77(102)103-2)47-30-43(86)31-51(90)56(47)46-24-39(16-22-48(46)87)58(72(97)85-65)80-74(99)60(42)81-73(98)59(41)82-75(64)100/h3-31,57-61,64-67,78-79,86-93H,32H2,1-2H3,(H,80,99)(H,81,98)(H,82,100)(H,83,101)(H,84,96)(H,85,97)/t57-,58-,59+,60-,61+,64-,65+,66-,67-/m1/s1. The van der Waals surface area contributed by atoms with Crippen LogP contribution < -0.4 is 67.6 Å². The summed E-state index contributed by atoms with van der Waals surface area (Å²) >= 11 is 0. The Labute approximate surface area is 598 Å². The molecule has 10 aromatic rings. The highest BCUT2D eigenvalue weighted by Crippen LogP contribution is 2.48. The number of hydrogen-bond acceptors (Lipinski definition) is 23. The second-order valence-electron chi connectivity index (χ2n) is 25.5. The number of anilines is 2. The largest absolute Gasteiger partial charge is 0.508 e. The van der Waals surface area contributed by atoms with Gasteiger partial charge < -0.3 is 102 Å². The highest BCUT2D eigenvalue weighted by Gasteiger charge is 2.43. The molecule has 29 nitrogen and oxygen atoms in total. The Kier molecular flexibility index (Phi) is 18.1. The molecule has 9 atom stereocenters. The number of esters is 1. The van der Waals surface area contributed by atoms with E-state index in [1.165, 1.54) is 73.7 Å². The molecular weight excluding hydrogens is 1370 g/mol. The summed E-state index contributed by atoms with van der Waals surface area (Å²) in [7, 11) is 0.966. The third kappa shape index (κ3) is 13.2. The molecule has 0 fully saturated rings. The first-order valence-electron chi connectivity index (χ1n) is 32.8. The van der Waals surface area contributed by atoms with E-state index in [9.17, 15) is 60.0 Å². The van der Waals surface area contributed by atoms with Gasteiger partial charge in [0.15, 0.2) is 29.0 Å². The molecule has 29 heteroatoms. The lowest BCUT2D eigenvalue weighted by Gasteiger charge is -2.32. The van der Waals surface area contributed by atoms with Gasteiger partial charge in [0.2, 0.25) is 41.2 Å². The van der Waals surface area contributed by atoms with E-state index in [0.717, 1.165) is 72.8 Å². The Morgan fingerprint density at radius 1 is 0.453 bits per heavy atom. The zero-order valence-electron chi connectivity index (χ0n) is 55.5. The summed E-state index contributed by atoms with van der Waals surface area (Å²) in [4.78, 5) is 134. The molecule has 0 spiro atoms. The predicted molar refractivity (Wildman–Crippen MR) is 375 cm³/mol. The number of rotatable bonds is 7. The number of aliphatic hydroxyl groups is 2. The van der Waals surface area contributed by atoms with Crippen molar-refractivity contribution in [1.29, 1.82) is 0 Å². The molecule has 0 aliphatic carbocycles. The van der Waals surface area contributed by atoms with E-state index < -0.39 is 164 Å². The van der Waals surface area contributed by atoms with Crippen LogP contribution in [0.2, 0.25) is 0 Å². The molecule has 0 saturated carbocycles. The smallest absolute Gasteiger partial charge is 0.333 e. The Hall–Kier alpha value is -13.9. The van der Waals surface area contributed by atoms with Gasteiger partial charge in [0.05, 0.1) is 7.11 Å². The van der Waals surface area contributed by atoms with Crippen LogP contribution in [-0.2, 0) is 44.8 Å². The van der Waals surface area contributed by atoms with Crippen LogP contribution in [0.5, 0.6) is 69.0 Å². The number of aliphatic hydroxyl groups excluding tert-OH is 2. The summed E-state index contributed by atoms with van der Waals surface area (Å²) in [6, 6.07) is 25.8. The van der Waals surface area contributed by atoms with E-state index in [0.29, 0.717) is 5.56 Å². The maximum atomic E-state index is 16.0. The van der Waals surface area contributed by atoms with Crippen LogP contribution in [0.3, 0.4) is 0 Å². The number of fused-ring (bicyclic) bond motifs is 14. The zero-order chi connectivity index (χ0) is 74.7. The fraction of sp³-hybridized carbons (Fsp3) is 0.156. The van der Waals surface area contributed by atoms with Crippen LogP contribution in [0.1, 0.15) is 92.5 Å². The number of carbonyl (C=O) groups excluding carboxylic acids is 7. The number of phenols is 6. The van der Waals surface area contributed by atoms with Gasteiger partial charge in [-0.15, -0.1) is 0 Å². The lowest BCUT2D eigenvalue weighted by molar-refractivity contribution is -0.146. The molecule has 10 aromatic carbocycles. The second-order valence-corrected chi connectivity index (χ2v) is 25.5. The first kappa shape index (κ1) is 69.2. The van der Waals surface area contributed by atoms with Gasteiger partial charge in [-0.1, -0.05) is 91.0 Å². The summed E-state index contributed by atoms with van der Waals surface area (Å²) in [5.74, 6) is -14.7. The number of nitrogens with one attached hydrogen (secondary N) is 8. The monoisotopic (exact) mass is 1430 g/mol. The van der Waals surface area contributed by atoms with Crippen molar-refractivity contribution in [2.75, 3.05) is 17.7 Å².